The van der Waals surface area contributed by atoms with Gasteiger partial charge in [0.2, 0.25) is 5.91 Å². The van der Waals surface area contributed by atoms with Gasteiger partial charge >= 0.3 is 0 Å². The molecule has 1 N–H and O–H groups in total. The van der Waals surface area contributed by atoms with Crippen LogP contribution in [0.15, 0.2) is 88.7 Å². The first kappa shape index (κ1) is 23.1. The van der Waals surface area contributed by atoms with Crippen molar-refractivity contribution in [3.05, 3.63) is 99.9 Å². The van der Waals surface area contributed by atoms with E-state index in [-0.39, 0.29) is 24.4 Å². The Balaban J connectivity index is 1.48. The molecule has 0 radical (unpaired) electrons. The molecular formula is C27H25ClN2O2S. The second-order valence-corrected chi connectivity index (χ2v) is 9.47. The Bertz CT molecular complexity index is 1180. The van der Waals surface area contributed by atoms with Crippen LogP contribution in [0.3, 0.4) is 0 Å². The lowest BCUT2D eigenvalue weighted by Gasteiger charge is -2.30. The fourth-order valence-corrected chi connectivity index (χ4v) is 4.96. The molecule has 0 saturated heterocycles. The lowest BCUT2D eigenvalue weighted by Crippen LogP contribution is -2.45. The van der Waals surface area contributed by atoms with E-state index in [4.69, 9.17) is 11.6 Å². The number of aryl methyl sites for hydroxylation is 1. The summed E-state index contributed by atoms with van der Waals surface area (Å²) >= 11 is 7.70. The Morgan fingerprint density at radius 2 is 1.73 bits per heavy atom. The summed E-state index contributed by atoms with van der Waals surface area (Å²) in [5.41, 5.74) is 2.76. The van der Waals surface area contributed by atoms with Crippen LogP contribution in [0.25, 0.3) is 6.08 Å². The number of benzene rings is 3. The minimum absolute atomic E-state index is 0.000329. The zero-order valence-corrected chi connectivity index (χ0v) is 19.9. The molecule has 4 nitrogen and oxygen atoms in total. The van der Waals surface area contributed by atoms with E-state index in [9.17, 15) is 9.59 Å². The molecule has 33 heavy (non-hydrogen) atoms. The van der Waals surface area contributed by atoms with Gasteiger partial charge in [-0.1, -0.05) is 84.0 Å². The Morgan fingerprint density at radius 1 is 1.03 bits per heavy atom. The average molecular weight is 477 g/mol. The number of nitrogens with one attached hydrogen (secondary N) is 1. The van der Waals surface area contributed by atoms with E-state index < -0.39 is 0 Å². The highest BCUT2D eigenvalue weighted by molar-refractivity contribution is 8.04. The Kier molecular flexibility index (Phi) is 7.53. The van der Waals surface area contributed by atoms with Crippen LogP contribution in [0.5, 0.6) is 0 Å². The first-order valence-electron chi connectivity index (χ1n) is 10.9. The van der Waals surface area contributed by atoms with Crippen molar-refractivity contribution in [3.63, 3.8) is 0 Å². The molecule has 1 atom stereocenters. The number of carbonyl (C=O) groups excluding carboxylic acids is 2. The molecule has 168 valence electrons. The van der Waals surface area contributed by atoms with Gasteiger partial charge in [-0.3, -0.25) is 14.5 Å². The molecule has 2 amide bonds. The topological polar surface area (TPSA) is 49.4 Å². The highest BCUT2D eigenvalue weighted by Gasteiger charge is 2.30. The molecule has 3 aromatic rings. The molecule has 4 rings (SSSR count). The number of nitrogens with zero attached hydrogens (tertiary/aromatic N) is 1. The maximum absolute atomic E-state index is 13.3. The lowest BCUT2D eigenvalue weighted by atomic mass is 10.1. The molecule has 0 aliphatic carbocycles. The fraction of sp³-hybridized carbons (Fsp3) is 0.185. The number of thioether (sulfide) groups is 1. The average Bonchev–Trinajstić information content (AvgIpc) is 2.82. The SMILES string of the molecule is C[C@@H](CCc1ccccc1)NC(=O)CN1C(=O)/C(=C\c2ccccc2Cl)Sc2ccccc21. The van der Waals surface area contributed by atoms with E-state index in [0.29, 0.717) is 9.93 Å². The molecule has 3 aromatic carbocycles. The number of carbonyl (C=O) groups is 2. The van der Waals surface area contributed by atoms with Crippen molar-refractivity contribution in [1.82, 2.24) is 5.32 Å². The predicted octanol–water partition coefficient (Wildman–Crippen LogP) is 5.96. The number of rotatable bonds is 7. The van der Waals surface area contributed by atoms with E-state index >= 15 is 0 Å². The molecule has 1 heterocycles. The normalized spacial score (nSPS) is 15.3. The van der Waals surface area contributed by atoms with Gasteiger partial charge in [0.15, 0.2) is 0 Å². The molecule has 0 saturated carbocycles. The number of para-hydroxylation sites is 1. The van der Waals surface area contributed by atoms with Crippen molar-refractivity contribution in [3.8, 4) is 0 Å². The van der Waals surface area contributed by atoms with Crippen LogP contribution in [0.2, 0.25) is 5.02 Å². The molecular weight excluding hydrogens is 452 g/mol. The van der Waals surface area contributed by atoms with Gasteiger partial charge in [-0.05, 0) is 55.2 Å². The van der Waals surface area contributed by atoms with Crippen molar-refractivity contribution in [2.75, 3.05) is 11.4 Å². The van der Waals surface area contributed by atoms with Crippen molar-refractivity contribution in [2.45, 2.75) is 30.7 Å². The third-order valence-electron chi connectivity index (χ3n) is 5.44. The van der Waals surface area contributed by atoms with Gasteiger partial charge in [0.05, 0.1) is 10.6 Å². The lowest BCUT2D eigenvalue weighted by molar-refractivity contribution is -0.122. The number of amides is 2. The summed E-state index contributed by atoms with van der Waals surface area (Å²) in [6.45, 7) is 1.96. The standard InChI is InChI=1S/C27H25ClN2O2S/c1-19(15-16-20-9-3-2-4-10-20)29-26(31)18-30-23-13-7-8-14-24(23)33-25(27(30)32)17-21-11-5-6-12-22(21)28/h2-14,17,19H,15-16,18H2,1H3,(H,29,31)/b25-17+/t19-/m0/s1. The van der Waals surface area contributed by atoms with Crippen molar-refractivity contribution >= 4 is 46.9 Å². The van der Waals surface area contributed by atoms with Gasteiger partial charge in [0, 0.05) is 16.0 Å². The summed E-state index contributed by atoms with van der Waals surface area (Å²) in [6.07, 6.45) is 3.50. The van der Waals surface area contributed by atoms with Gasteiger partial charge in [-0.2, -0.15) is 0 Å². The summed E-state index contributed by atoms with van der Waals surface area (Å²) in [6, 6.07) is 25.2. The van der Waals surface area contributed by atoms with Crippen molar-refractivity contribution in [1.29, 1.82) is 0 Å². The molecule has 1 aliphatic rings. The highest BCUT2D eigenvalue weighted by atomic mass is 35.5. The summed E-state index contributed by atoms with van der Waals surface area (Å²) in [5, 5.41) is 3.62. The quantitative estimate of drug-likeness (QED) is 0.428. The van der Waals surface area contributed by atoms with Crippen LogP contribution < -0.4 is 10.2 Å². The maximum atomic E-state index is 13.3. The second kappa shape index (κ2) is 10.7. The fourth-order valence-electron chi connectivity index (χ4n) is 3.72. The minimum Gasteiger partial charge on any atom is -0.352 e. The summed E-state index contributed by atoms with van der Waals surface area (Å²) in [7, 11) is 0. The number of hydrogen-bond donors (Lipinski definition) is 1. The molecule has 6 heteroatoms. The monoisotopic (exact) mass is 476 g/mol. The van der Waals surface area contributed by atoms with Crippen molar-refractivity contribution < 1.29 is 9.59 Å². The van der Waals surface area contributed by atoms with Crippen LogP contribution in [-0.4, -0.2) is 24.4 Å². The van der Waals surface area contributed by atoms with Crippen molar-refractivity contribution in [2.24, 2.45) is 0 Å². The van der Waals surface area contributed by atoms with Gasteiger partial charge in [-0.25, -0.2) is 0 Å². The van der Waals surface area contributed by atoms with Gasteiger partial charge in [0.25, 0.3) is 5.91 Å². The van der Waals surface area contributed by atoms with Crippen LogP contribution in [0.1, 0.15) is 24.5 Å². The van der Waals surface area contributed by atoms with Gasteiger partial charge in [0.1, 0.15) is 6.54 Å². The molecule has 0 bridgehead atoms. The second-order valence-electron chi connectivity index (χ2n) is 7.98. The molecule has 1 aliphatic heterocycles. The smallest absolute Gasteiger partial charge is 0.265 e. The van der Waals surface area contributed by atoms with Gasteiger partial charge < -0.3 is 5.32 Å². The Labute approximate surface area is 203 Å². The first-order chi connectivity index (χ1) is 16.0. The number of anilines is 1. The first-order valence-corrected chi connectivity index (χ1v) is 12.1. The van der Waals surface area contributed by atoms with E-state index in [1.165, 1.54) is 17.3 Å². The third kappa shape index (κ3) is 5.86. The Hall–Kier alpha value is -3.02. The minimum atomic E-state index is -0.203. The summed E-state index contributed by atoms with van der Waals surface area (Å²) in [5.74, 6) is -0.381. The molecule has 0 aromatic heterocycles. The van der Waals surface area contributed by atoms with Crippen LogP contribution in [0, 0.1) is 0 Å². The number of hydrogen-bond acceptors (Lipinski definition) is 3. The maximum Gasteiger partial charge on any atom is 0.265 e. The van der Waals surface area contributed by atoms with Crippen LogP contribution in [0.4, 0.5) is 5.69 Å². The van der Waals surface area contributed by atoms with Crippen LogP contribution >= 0.6 is 23.4 Å². The summed E-state index contributed by atoms with van der Waals surface area (Å²) < 4.78 is 0. The zero-order chi connectivity index (χ0) is 23.2. The molecule has 0 spiro atoms. The van der Waals surface area contributed by atoms with Crippen LogP contribution in [-0.2, 0) is 16.0 Å². The number of halogens is 1. The third-order valence-corrected chi connectivity index (χ3v) is 6.86. The highest BCUT2D eigenvalue weighted by Crippen LogP contribution is 2.42. The van der Waals surface area contributed by atoms with E-state index in [1.54, 1.807) is 17.0 Å². The number of fused-ring (bicyclic) bond motifs is 1. The largest absolute Gasteiger partial charge is 0.352 e. The van der Waals surface area contributed by atoms with E-state index in [0.717, 1.165) is 29.0 Å². The van der Waals surface area contributed by atoms with E-state index in [2.05, 4.69) is 17.4 Å². The molecule has 0 fully saturated rings. The Morgan fingerprint density at radius 3 is 2.52 bits per heavy atom. The zero-order valence-electron chi connectivity index (χ0n) is 18.3. The summed E-state index contributed by atoms with van der Waals surface area (Å²) in [4.78, 5) is 29.2. The van der Waals surface area contributed by atoms with E-state index in [1.807, 2.05) is 67.6 Å². The van der Waals surface area contributed by atoms with Gasteiger partial charge in [-0.15, -0.1) is 0 Å². The predicted molar refractivity (Wildman–Crippen MR) is 136 cm³/mol. The molecule has 0 unspecified atom stereocenters.